The number of carbonyl (C=O) groups is 2. The Hall–Kier alpha value is -4.79. The smallest absolute Gasteiger partial charge is 0.322 e. The third-order valence-corrected chi connectivity index (χ3v) is 6.18. The summed E-state index contributed by atoms with van der Waals surface area (Å²) in [6.07, 6.45) is 1.66. The molecule has 40 heavy (non-hydrogen) atoms. The Morgan fingerprint density at radius 1 is 0.900 bits per heavy atom. The Bertz CT molecular complexity index is 1390. The molecule has 0 spiro atoms. The Kier molecular flexibility index (Phi) is 9.77. The van der Waals surface area contributed by atoms with Crippen molar-refractivity contribution in [2.75, 3.05) is 37.4 Å². The van der Waals surface area contributed by atoms with E-state index < -0.39 is 0 Å². The largest absolute Gasteiger partial charge is 0.497 e. The van der Waals surface area contributed by atoms with Gasteiger partial charge >= 0.3 is 6.03 Å². The molecular formula is C31H35N5O4. The molecule has 1 heterocycles. The number of methoxy groups -OCH3 is 1. The highest BCUT2D eigenvalue weighted by Crippen LogP contribution is 2.26. The van der Waals surface area contributed by atoms with Crippen molar-refractivity contribution in [1.29, 1.82) is 0 Å². The number of hydrogen-bond acceptors (Lipinski definition) is 5. The van der Waals surface area contributed by atoms with Gasteiger partial charge in [-0.1, -0.05) is 43.7 Å². The van der Waals surface area contributed by atoms with Gasteiger partial charge in [0.1, 0.15) is 23.9 Å². The summed E-state index contributed by atoms with van der Waals surface area (Å²) >= 11 is 0. The number of urea groups is 1. The van der Waals surface area contributed by atoms with Crippen molar-refractivity contribution in [1.82, 2.24) is 14.7 Å². The zero-order chi connectivity index (χ0) is 28.3. The lowest BCUT2D eigenvalue weighted by Gasteiger charge is -2.22. The first kappa shape index (κ1) is 28.2. The molecule has 0 aliphatic heterocycles. The minimum atomic E-state index is -0.346. The van der Waals surface area contributed by atoms with Crippen LogP contribution < -0.4 is 20.1 Å². The zero-order valence-electron chi connectivity index (χ0n) is 23.1. The fourth-order valence-electron chi connectivity index (χ4n) is 4.10. The number of aromatic nitrogens is 2. The Labute approximate surface area is 234 Å². The minimum absolute atomic E-state index is 0.114. The molecule has 0 unspecified atom stereocenters. The molecule has 0 radical (unpaired) electrons. The quantitative estimate of drug-likeness (QED) is 0.222. The topological polar surface area (TPSA) is 97.7 Å². The summed E-state index contributed by atoms with van der Waals surface area (Å²) in [5, 5.41) is 10.6. The maximum Gasteiger partial charge on any atom is 0.322 e. The Morgan fingerprint density at radius 2 is 1.60 bits per heavy atom. The van der Waals surface area contributed by atoms with Gasteiger partial charge in [-0.15, -0.1) is 0 Å². The average Bonchev–Trinajstić information content (AvgIpc) is 3.40. The van der Waals surface area contributed by atoms with Crippen LogP contribution in [-0.2, 0) is 4.79 Å². The lowest BCUT2D eigenvalue weighted by atomic mass is 10.1. The van der Waals surface area contributed by atoms with E-state index in [1.54, 1.807) is 36.1 Å². The van der Waals surface area contributed by atoms with Crippen LogP contribution in [0.5, 0.6) is 11.5 Å². The molecule has 2 N–H and O–H groups in total. The second kappa shape index (κ2) is 13.8. The van der Waals surface area contributed by atoms with Crippen molar-refractivity contribution < 1.29 is 19.1 Å². The van der Waals surface area contributed by atoms with Crippen molar-refractivity contribution in [3.63, 3.8) is 0 Å². The second-order valence-corrected chi connectivity index (χ2v) is 9.10. The Balaban J connectivity index is 1.52. The predicted molar refractivity (Wildman–Crippen MR) is 157 cm³/mol. The van der Waals surface area contributed by atoms with Crippen LogP contribution in [0, 0.1) is 0 Å². The first-order chi connectivity index (χ1) is 19.5. The molecule has 0 saturated carbocycles. The average molecular weight is 542 g/mol. The van der Waals surface area contributed by atoms with Crippen molar-refractivity contribution in [2.24, 2.45) is 0 Å². The summed E-state index contributed by atoms with van der Waals surface area (Å²) in [6.45, 7) is 4.85. The molecule has 9 heteroatoms. The van der Waals surface area contributed by atoms with Gasteiger partial charge < -0.3 is 25.0 Å². The van der Waals surface area contributed by atoms with Crippen molar-refractivity contribution >= 4 is 23.4 Å². The molecule has 9 nitrogen and oxygen atoms in total. The number of anilines is 2. The number of amides is 3. The number of rotatable bonds is 12. The molecule has 0 fully saturated rings. The van der Waals surface area contributed by atoms with Gasteiger partial charge in [-0.2, -0.15) is 5.10 Å². The molecule has 0 saturated heterocycles. The maximum absolute atomic E-state index is 13.3. The number of benzene rings is 3. The number of hydrogen-bond donors (Lipinski definition) is 2. The highest BCUT2D eigenvalue weighted by Gasteiger charge is 2.20. The van der Waals surface area contributed by atoms with Crippen LogP contribution in [0.15, 0.2) is 84.9 Å². The number of ether oxygens (including phenoxy) is 2. The van der Waals surface area contributed by atoms with Gasteiger partial charge in [-0.25, -0.2) is 9.48 Å². The fourth-order valence-corrected chi connectivity index (χ4v) is 4.10. The van der Waals surface area contributed by atoms with Gasteiger partial charge in [0.15, 0.2) is 0 Å². The van der Waals surface area contributed by atoms with E-state index in [4.69, 9.17) is 14.6 Å². The third-order valence-electron chi connectivity index (χ3n) is 6.18. The summed E-state index contributed by atoms with van der Waals surface area (Å²) in [7, 11) is 1.61. The van der Waals surface area contributed by atoms with Gasteiger partial charge in [-0.05, 0) is 61.9 Å². The molecule has 3 aromatic carbocycles. The third kappa shape index (κ3) is 7.41. The molecule has 208 valence electrons. The number of unbranched alkanes of at least 4 members (excludes halogenated alkanes) is 1. The molecule has 0 aliphatic rings. The van der Waals surface area contributed by atoms with Crippen LogP contribution in [0.1, 0.15) is 26.7 Å². The van der Waals surface area contributed by atoms with E-state index in [9.17, 15) is 9.59 Å². The lowest BCUT2D eigenvalue weighted by molar-refractivity contribution is -0.116. The summed E-state index contributed by atoms with van der Waals surface area (Å²) in [5.41, 5.74) is 3.02. The van der Waals surface area contributed by atoms with Gasteiger partial charge in [0.25, 0.3) is 0 Å². The monoisotopic (exact) mass is 541 g/mol. The van der Waals surface area contributed by atoms with E-state index in [0.717, 1.165) is 35.6 Å². The lowest BCUT2D eigenvalue weighted by Crippen LogP contribution is -2.41. The highest BCUT2D eigenvalue weighted by molar-refractivity contribution is 5.97. The SMILES string of the molecule is CCCCN(CC(=O)Nc1cc(-c2ccccc2)nn1-c1ccc(OC)cc1)C(=O)Nc1ccc(OCC)cc1. The molecule has 0 bridgehead atoms. The van der Waals surface area contributed by atoms with Crippen LogP contribution in [0.3, 0.4) is 0 Å². The van der Waals surface area contributed by atoms with Gasteiger partial charge in [0, 0.05) is 23.9 Å². The van der Waals surface area contributed by atoms with Crippen LogP contribution in [-0.4, -0.2) is 53.4 Å². The number of nitrogens with zero attached hydrogens (tertiary/aromatic N) is 3. The van der Waals surface area contributed by atoms with E-state index in [2.05, 4.69) is 10.6 Å². The summed E-state index contributed by atoms with van der Waals surface area (Å²) in [5.74, 6) is 1.62. The maximum atomic E-state index is 13.3. The van der Waals surface area contributed by atoms with Crippen LogP contribution in [0.2, 0.25) is 0 Å². The first-order valence-electron chi connectivity index (χ1n) is 13.4. The van der Waals surface area contributed by atoms with Crippen molar-refractivity contribution in [2.45, 2.75) is 26.7 Å². The van der Waals surface area contributed by atoms with Crippen LogP contribution in [0.25, 0.3) is 16.9 Å². The minimum Gasteiger partial charge on any atom is -0.497 e. The van der Waals surface area contributed by atoms with Crippen molar-refractivity contribution in [3.05, 3.63) is 84.9 Å². The summed E-state index contributed by atoms with van der Waals surface area (Å²) in [4.78, 5) is 27.9. The van der Waals surface area contributed by atoms with Crippen LogP contribution >= 0.6 is 0 Å². The molecule has 0 atom stereocenters. The Morgan fingerprint density at radius 3 is 2.25 bits per heavy atom. The van der Waals surface area contributed by atoms with E-state index in [1.807, 2.05) is 74.5 Å². The number of nitrogens with one attached hydrogen (secondary N) is 2. The van der Waals surface area contributed by atoms with E-state index in [0.29, 0.717) is 30.4 Å². The standard InChI is InChI=1S/C31H35N5O4/c1-4-6-20-35(31(38)32-24-12-16-27(17-13-24)40-5-2)22-30(37)33-29-21-28(23-10-8-7-9-11-23)34-36(29)25-14-18-26(39-3)19-15-25/h7-19,21H,4-6,20,22H2,1-3H3,(H,32,38)(H,33,37). The summed E-state index contributed by atoms with van der Waals surface area (Å²) in [6, 6.07) is 25.8. The summed E-state index contributed by atoms with van der Waals surface area (Å²) < 4.78 is 12.4. The van der Waals surface area contributed by atoms with E-state index in [-0.39, 0.29) is 18.5 Å². The molecule has 1 aromatic heterocycles. The van der Waals surface area contributed by atoms with Crippen LogP contribution in [0.4, 0.5) is 16.3 Å². The molecule has 0 aliphatic carbocycles. The predicted octanol–water partition coefficient (Wildman–Crippen LogP) is 6.22. The van der Waals surface area contributed by atoms with Gasteiger partial charge in [-0.3, -0.25) is 4.79 Å². The number of carbonyl (C=O) groups excluding carboxylic acids is 2. The zero-order valence-corrected chi connectivity index (χ0v) is 23.1. The van der Waals surface area contributed by atoms with E-state index in [1.165, 1.54) is 4.90 Å². The molecular weight excluding hydrogens is 506 g/mol. The van der Waals surface area contributed by atoms with Crippen molar-refractivity contribution in [3.8, 4) is 28.4 Å². The normalized spacial score (nSPS) is 10.6. The van der Waals surface area contributed by atoms with E-state index >= 15 is 0 Å². The second-order valence-electron chi connectivity index (χ2n) is 9.10. The van der Waals surface area contributed by atoms with Gasteiger partial charge in [0.2, 0.25) is 5.91 Å². The first-order valence-corrected chi connectivity index (χ1v) is 13.4. The molecule has 4 rings (SSSR count). The molecule has 4 aromatic rings. The fraction of sp³-hybridized carbons (Fsp3) is 0.258. The highest BCUT2D eigenvalue weighted by atomic mass is 16.5. The molecule has 3 amide bonds. The van der Waals surface area contributed by atoms with Gasteiger partial charge in [0.05, 0.1) is 25.1 Å².